The summed E-state index contributed by atoms with van der Waals surface area (Å²) in [4.78, 5) is 42.6. The number of para-hydroxylation sites is 2. The van der Waals surface area contributed by atoms with Crippen LogP contribution in [0.15, 0.2) is 84.9 Å². The van der Waals surface area contributed by atoms with Crippen LogP contribution < -0.4 is 21.3 Å². The van der Waals surface area contributed by atoms with Gasteiger partial charge < -0.3 is 36.0 Å². The number of rotatable bonds is 16. The highest BCUT2D eigenvalue weighted by atomic mass is 16.2. The van der Waals surface area contributed by atoms with Gasteiger partial charge in [-0.05, 0) is 83.8 Å². The molecule has 2 heterocycles. The van der Waals surface area contributed by atoms with Crippen molar-refractivity contribution in [2.75, 3.05) is 98.2 Å². The summed E-state index contributed by atoms with van der Waals surface area (Å²) in [7, 11) is 10.0. The highest BCUT2D eigenvalue weighted by Crippen LogP contribution is 2.30. The molecule has 6 rings (SSSR count). The van der Waals surface area contributed by atoms with E-state index in [-0.39, 0.29) is 11.8 Å². The molecule has 0 aliphatic heterocycles. The van der Waals surface area contributed by atoms with Crippen molar-refractivity contribution in [1.29, 1.82) is 0 Å². The minimum atomic E-state index is -0.122. The van der Waals surface area contributed by atoms with Crippen LogP contribution in [0, 0.1) is 0 Å². The van der Waals surface area contributed by atoms with Crippen molar-refractivity contribution in [3.05, 3.63) is 96.1 Å². The molecule has 4 aromatic carbocycles. The number of aromatic nitrogens is 2. The Kier molecular flexibility index (Phi) is 11.8. The molecule has 0 saturated heterocycles. The van der Waals surface area contributed by atoms with E-state index in [1.807, 2.05) is 111 Å². The van der Waals surface area contributed by atoms with Crippen LogP contribution in [0.5, 0.6) is 0 Å². The standard InChI is InChI=1S/C41H49N9O2/c1-48(2)22-18-44-40(51)30-14-16-36(32-26-28-10-6-8-12-34(28)46-38(30)32)42-20-24-50(5)25-21-43-37-17-15-31(41(52)45-19-23-49(3)4)39-33(37)27-29-11-7-9-13-35(29)47-39/h6-17,26-27,42-43H,18-25H2,1-5H3,(H,44,51)(H,45,52). The fourth-order valence-electron chi connectivity index (χ4n) is 6.25. The van der Waals surface area contributed by atoms with Crippen molar-refractivity contribution in [1.82, 2.24) is 35.3 Å². The number of amides is 2. The molecule has 0 unspecified atom stereocenters. The lowest BCUT2D eigenvalue weighted by Gasteiger charge is -2.20. The zero-order valence-electron chi connectivity index (χ0n) is 30.8. The zero-order valence-corrected chi connectivity index (χ0v) is 30.8. The molecule has 270 valence electrons. The van der Waals surface area contributed by atoms with E-state index in [2.05, 4.69) is 45.3 Å². The lowest BCUT2D eigenvalue weighted by Crippen LogP contribution is -2.31. The predicted octanol–water partition coefficient (Wildman–Crippen LogP) is 5.13. The molecule has 0 spiro atoms. The topological polar surface area (TPSA) is 118 Å². The molecule has 0 bridgehead atoms. The van der Waals surface area contributed by atoms with Crippen molar-refractivity contribution in [3.63, 3.8) is 0 Å². The first-order valence-electron chi connectivity index (χ1n) is 17.8. The number of pyridine rings is 2. The summed E-state index contributed by atoms with van der Waals surface area (Å²) in [6.45, 7) is 5.67. The Bertz CT molecular complexity index is 2050. The fraction of sp³-hybridized carbons (Fsp3) is 0.317. The normalized spacial score (nSPS) is 11.7. The number of fused-ring (bicyclic) bond motifs is 4. The maximum Gasteiger partial charge on any atom is 0.253 e. The highest BCUT2D eigenvalue weighted by Gasteiger charge is 2.17. The highest BCUT2D eigenvalue weighted by molar-refractivity contribution is 6.12. The van der Waals surface area contributed by atoms with E-state index in [1.54, 1.807) is 0 Å². The molecular formula is C41H49N9O2. The molecule has 0 atom stereocenters. The third-order valence-electron chi connectivity index (χ3n) is 9.17. The monoisotopic (exact) mass is 699 g/mol. The number of likely N-dealkylation sites (N-methyl/N-ethyl adjacent to an activating group) is 3. The first kappa shape index (κ1) is 36.4. The van der Waals surface area contributed by atoms with Gasteiger partial charge in [0.25, 0.3) is 11.8 Å². The van der Waals surface area contributed by atoms with Crippen LogP contribution in [0.3, 0.4) is 0 Å². The van der Waals surface area contributed by atoms with E-state index >= 15 is 0 Å². The summed E-state index contributed by atoms with van der Waals surface area (Å²) in [5.41, 5.74) is 6.13. The lowest BCUT2D eigenvalue weighted by atomic mass is 10.0. The van der Waals surface area contributed by atoms with Gasteiger partial charge in [0, 0.05) is 85.3 Å². The Labute approximate surface area is 305 Å². The van der Waals surface area contributed by atoms with Crippen LogP contribution in [0.2, 0.25) is 0 Å². The SMILES string of the molecule is CN(C)CCNC(=O)c1ccc(NCCN(C)CCNc2ccc(C(=O)NCCN(C)C)c3nc4ccccc4cc23)c2cc3ccccc3nc12. The van der Waals surface area contributed by atoms with Gasteiger partial charge in [-0.3, -0.25) is 9.59 Å². The smallest absolute Gasteiger partial charge is 0.253 e. The van der Waals surface area contributed by atoms with E-state index in [4.69, 9.17) is 9.97 Å². The molecular weight excluding hydrogens is 651 g/mol. The molecule has 11 heteroatoms. The van der Waals surface area contributed by atoms with Gasteiger partial charge in [0.05, 0.1) is 33.2 Å². The number of hydrogen-bond acceptors (Lipinski definition) is 9. The Morgan fingerprint density at radius 1 is 0.538 bits per heavy atom. The van der Waals surface area contributed by atoms with Crippen LogP contribution in [-0.4, -0.2) is 124 Å². The number of benzene rings is 4. The van der Waals surface area contributed by atoms with E-state index in [0.29, 0.717) is 48.3 Å². The molecule has 0 saturated carbocycles. The van der Waals surface area contributed by atoms with E-state index in [9.17, 15) is 9.59 Å². The Morgan fingerprint density at radius 3 is 1.38 bits per heavy atom. The van der Waals surface area contributed by atoms with Gasteiger partial charge in [0.2, 0.25) is 0 Å². The van der Waals surface area contributed by atoms with Gasteiger partial charge >= 0.3 is 0 Å². The molecule has 4 N–H and O–H groups in total. The second-order valence-corrected chi connectivity index (χ2v) is 13.8. The Balaban J connectivity index is 1.11. The molecule has 11 nitrogen and oxygen atoms in total. The molecule has 0 fully saturated rings. The maximum absolute atomic E-state index is 13.2. The second kappa shape index (κ2) is 16.8. The minimum absolute atomic E-state index is 0.122. The number of carbonyl (C=O) groups is 2. The van der Waals surface area contributed by atoms with Gasteiger partial charge in [0.15, 0.2) is 0 Å². The lowest BCUT2D eigenvalue weighted by molar-refractivity contribution is 0.0944. The summed E-state index contributed by atoms with van der Waals surface area (Å²) in [5.74, 6) is -0.244. The Hall–Kier alpha value is -5.36. The summed E-state index contributed by atoms with van der Waals surface area (Å²) in [6.07, 6.45) is 0. The van der Waals surface area contributed by atoms with Crippen molar-refractivity contribution in [3.8, 4) is 0 Å². The summed E-state index contributed by atoms with van der Waals surface area (Å²) >= 11 is 0. The van der Waals surface area contributed by atoms with Crippen molar-refractivity contribution < 1.29 is 9.59 Å². The number of carbonyl (C=O) groups excluding carboxylic acids is 2. The van der Waals surface area contributed by atoms with E-state index in [0.717, 1.165) is 70.1 Å². The van der Waals surface area contributed by atoms with Gasteiger partial charge in [0.1, 0.15) is 0 Å². The van der Waals surface area contributed by atoms with Crippen LogP contribution >= 0.6 is 0 Å². The third kappa shape index (κ3) is 8.74. The average molecular weight is 700 g/mol. The number of hydrogen-bond donors (Lipinski definition) is 4. The molecule has 0 aliphatic rings. The van der Waals surface area contributed by atoms with Gasteiger partial charge in [-0.25, -0.2) is 9.97 Å². The first-order chi connectivity index (χ1) is 25.2. The van der Waals surface area contributed by atoms with Crippen molar-refractivity contribution in [2.45, 2.75) is 0 Å². The third-order valence-corrected chi connectivity index (χ3v) is 9.17. The minimum Gasteiger partial charge on any atom is -0.383 e. The number of nitrogens with zero attached hydrogens (tertiary/aromatic N) is 5. The Morgan fingerprint density at radius 2 is 0.962 bits per heavy atom. The quantitative estimate of drug-likeness (QED) is 0.102. The van der Waals surface area contributed by atoms with E-state index in [1.165, 1.54) is 0 Å². The number of anilines is 2. The number of nitrogens with one attached hydrogen (secondary N) is 4. The molecule has 2 aromatic heterocycles. The fourth-order valence-corrected chi connectivity index (χ4v) is 6.25. The predicted molar refractivity (Wildman–Crippen MR) is 215 cm³/mol. The van der Waals surface area contributed by atoms with E-state index < -0.39 is 0 Å². The summed E-state index contributed by atoms with van der Waals surface area (Å²) in [6, 6.07) is 27.9. The van der Waals surface area contributed by atoms with Crippen LogP contribution in [0.25, 0.3) is 43.6 Å². The van der Waals surface area contributed by atoms with Crippen LogP contribution in [-0.2, 0) is 0 Å². The summed E-state index contributed by atoms with van der Waals surface area (Å²) < 4.78 is 0. The van der Waals surface area contributed by atoms with Crippen molar-refractivity contribution >= 4 is 66.8 Å². The zero-order chi connectivity index (χ0) is 36.6. The molecule has 0 aliphatic carbocycles. The van der Waals surface area contributed by atoms with Crippen LogP contribution in [0.4, 0.5) is 11.4 Å². The molecule has 6 aromatic rings. The van der Waals surface area contributed by atoms with Crippen LogP contribution in [0.1, 0.15) is 20.7 Å². The van der Waals surface area contributed by atoms with Gasteiger partial charge in [-0.2, -0.15) is 0 Å². The molecule has 2 amide bonds. The average Bonchev–Trinajstić information content (AvgIpc) is 3.13. The molecule has 52 heavy (non-hydrogen) atoms. The largest absolute Gasteiger partial charge is 0.383 e. The first-order valence-corrected chi connectivity index (χ1v) is 17.8. The van der Waals surface area contributed by atoms with Gasteiger partial charge in [-0.15, -0.1) is 0 Å². The molecule has 0 radical (unpaired) electrons. The second-order valence-electron chi connectivity index (χ2n) is 13.8. The van der Waals surface area contributed by atoms with Gasteiger partial charge in [-0.1, -0.05) is 36.4 Å². The van der Waals surface area contributed by atoms with Crippen molar-refractivity contribution in [2.24, 2.45) is 0 Å². The maximum atomic E-state index is 13.2. The summed E-state index contributed by atoms with van der Waals surface area (Å²) in [5, 5.41) is 17.2.